The van der Waals surface area contributed by atoms with Crippen LogP contribution in [0.3, 0.4) is 0 Å². The zero-order chi connectivity index (χ0) is 25.3. The van der Waals surface area contributed by atoms with E-state index in [0.29, 0.717) is 40.4 Å². The Morgan fingerprint density at radius 3 is 2.37 bits per heavy atom. The van der Waals surface area contributed by atoms with Gasteiger partial charge in [-0.3, -0.25) is 9.59 Å². The maximum Gasteiger partial charge on any atom is 0.306 e. The van der Waals surface area contributed by atoms with Crippen LogP contribution in [0.2, 0.25) is 10.0 Å². The molecule has 188 valence electrons. The van der Waals surface area contributed by atoms with E-state index in [1.165, 1.54) is 4.90 Å². The Bertz CT molecular complexity index is 1200. The van der Waals surface area contributed by atoms with E-state index in [0.717, 1.165) is 0 Å². The molecule has 2 fully saturated rings. The summed E-state index contributed by atoms with van der Waals surface area (Å²) in [4.78, 5) is 26.8. The number of aliphatic carboxylic acids is 1. The molecule has 1 aliphatic heterocycles. The Labute approximate surface area is 214 Å². The number of carboxylic acids is 1. The molecular weight excluding hydrogens is 513 g/mol. The van der Waals surface area contributed by atoms with Gasteiger partial charge in [0, 0.05) is 16.1 Å². The van der Waals surface area contributed by atoms with E-state index in [2.05, 4.69) is 0 Å². The number of carbonyl (C=O) groups excluding carboxylic acids is 1. The number of nitrogens with zero attached hydrogens (tertiary/aromatic N) is 1. The molecule has 2 aromatic rings. The molecule has 1 N–H and O–H groups in total. The Hall–Kier alpha value is -2.13. The van der Waals surface area contributed by atoms with Gasteiger partial charge in [-0.2, -0.15) is 0 Å². The largest absolute Gasteiger partial charge is 0.481 e. The molecule has 35 heavy (non-hydrogen) atoms. The van der Waals surface area contributed by atoms with Crippen molar-refractivity contribution in [1.29, 1.82) is 0 Å². The fourth-order valence-electron chi connectivity index (χ4n) is 4.63. The van der Waals surface area contributed by atoms with Gasteiger partial charge < -0.3 is 14.7 Å². The maximum absolute atomic E-state index is 13.7. The van der Waals surface area contributed by atoms with Crippen LogP contribution in [0.4, 0.5) is 0 Å². The van der Waals surface area contributed by atoms with Crippen molar-refractivity contribution in [2.24, 2.45) is 0 Å². The third-order valence-corrected chi connectivity index (χ3v) is 9.32. The number of amides is 1. The molecule has 1 aliphatic carbocycles. The highest BCUT2D eigenvalue weighted by Crippen LogP contribution is 2.45. The molecule has 4 rings (SSSR count). The van der Waals surface area contributed by atoms with Gasteiger partial charge in [0.05, 0.1) is 23.5 Å². The second kappa shape index (κ2) is 10.5. The number of morpholine rings is 1. The summed E-state index contributed by atoms with van der Waals surface area (Å²) in [5.41, 5.74) is 1.36. The Morgan fingerprint density at radius 1 is 1.11 bits per heavy atom. The normalized spacial score (nSPS) is 23.8. The molecule has 1 saturated carbocycles. The zero-order valence-corrected chi connectivity index (χ0v) is 21.5. The Morgan fingerprint density at radius 2 is 1.80 bits per heavy atom. The maximum atomic E-state index is 13.7. The Balaban J connectivity index is 1.84. The van der Waals surface area contributed by atoms with Crippen LogP contribution in [0.5, 0.6) is 0 Å². The second-order valence-electron chi connectivity index (χ2n) is 9.03. The summed E-state index contributed by atoms with van der Waals surface area (Å²) < 4.78 is 32.1. The van der Waals surface area contributed by atoms with E-state index in [9.17, 15) is 23.1 Å². The summed E-state index contributed by atoms with van der Waals surface area (Å²) in [5.74, 6) is -1.91. The molecule has 1 amide bonds. The topological polar surface area (TPSA) is 101 Å². The predicted octanol–water partition coefficient (Wildman–Crippen LogP) is 4.83. The number of rotatable bonds is 9. The molecule has 1 heterocycles. The first-order valence-electron chi connectivity index (χ1n) is 11.5. The number of hydrogen-bond acceptors (Lipinski definition) is 5. The van der Waals surface area contributed by atoms with Crippen molar-refractivity contribution in [2.75, 3.05) is 5.75 Å². The monoisotopic (exact) mass is 539 g/mol. The van der Waals surface area contributed by atoms with Crippen LogP contribution in [-0.4, -0.2) is 53.4 Å². The van der Waals surface area contributed by atoms with Crippen molar-refractivity contribution in [3.05, 3.63) is 69.7 Å². The lowest BCUT2D eigenvalue weighted by atomic mass is 9.89. The quantitative estimate of drug-likeness (QED) is 0.489. The van der Waals surface area contributed by atoms with Gasteiger partial charge >= 0.3 is 5.97 Å². The molecule has 7 nitrogen and oxygen atoms in total. The fraction of sp³-hybridized carbons (Fsp3) is 0.440. The van der Waals surface area contributed by atoms with Crippen molar-refractivity contribution in [1.82, 2.24) is 4.90 Å². The minimum atomic E-state index is -3.41. The van der Waals surface area contributed by atoms with E-state index < -0.39 is 52.4 Å². The van der Waals surface area contributed by atoms with Crippen molar-refractivity contribution >= 4 is 44.9 Å². The highest BCUT2D eigenvalue weighted by molar-refractivity contribution is 7.92. The fourth-order valence-corrected chi connectivity index (χ4v) is 7.01. The van der Waals surface area contributed by atoms with Gasteiger partial charge in [0.25, 0.3) is 5.91 Å². The minimum Gasteiger partial charge on any atom is -0.481 e. The van der Waals surface area contributed by atoms with Crippen molar-refractivity contribution in [3.63, 3.8) is 0 Å². The molecule has 0 bridgehead atoms. The van der Waals surface area contributed by atoms with E-state index in [1.54, 1.807) is 48.5 Å². The number of benzene rings is 2. The highest BCUT2D eigenvalue weighted by Gasteiger charge is 2.48. The SMILES string of the molecule is CC[C@@H](CS(=O)(=O)C1CC1)N1C(=O)[C@H](CC(=O)O)O[C@H](c2cccc(Cl)c2)[C@H]1c1ccc(Cl)cc1. The summed E-state index contributed by atoms with van der Waals surface area (Å²) in [5, 5.41) is 10.1. The van der Waals surface area contributed by atoms with Crippen molar-refractivity contribution in [2.45, 2.75) is 62.1 Å². The van der Waals surface area contributed by atoms with Crippen LogP contribution >= 0.6 is 23.2 Å². The number of sulfone groups is 1. The molecule has 10 heteroatoms. The molecule has 2 aromatic carbocycles. The van der Waals surface area contributed by atoms with Gasteiger partial charge in [-0.05, 0) is 54.7 Å². The first kappa shape index (κ1) is 25.9. The lowest BCUT2D eigenvalue weighted by Crippen LogP contribution is -2.56. The molecule has 0 spiro atoms. The summed E-state index contributed by atoms with van der Waals surface area (Å²) in [6.45, 7) is 1.83. The molecule has 0 aromatic heterocycles. The number of carboxylic acid groups (broad SMARTS) is 1. The first-order chi connectivity index (χ1) is 16.6. The lowest BCUT2D eigenvalue weighted by Gasteiger charge is -2.48. The third-order valence-electron chi connectivity index (χ3n) is 6.50. The van der Waals surface area contributed by atoms with E-state index in [-0.39, 0.29) is 11.0 Å². The Kier molecular flexibility index (Phi) is 7.76. The van der Waals surface area contributed by atoms with Crippen molar-refractivity contribution in [3.8, 4) is 0 Å². The van der Waals surface area contributed by atoms with Crippen LogP contribution in [0, 0.1) is 0 Å². The summed E-state index contributed by atoms with van der Waals surface area (Å²) in [7, 11) is -3.41. The number of ether oxygens (including phenoxy) is 1. The van der Waals surface area contributed by atoms with Crippen LogP contribution in [0.15, 0.2) is 48.5 Å². The predicted molar refractivity (Wildman–Crippen MR) is 133 cm³/mol. The van der Waals surface area contributed by atoms with Crippen LogP contribution in [0.25, 0.3) is 0 Å². The summed E-state index contributed by atoms with van der Waals surface area (Å²) >= 11 is 12.4. The number of halogens is 2. The van der Waals surface area contributed by atoms with E-state index in [4.69, 9.17) is 27.9 Å². The van der Waals surface area contributed by atoms with Gasteiger partial charge in [0.15, 0.2) is 9.84 Å². The third kappa shape index (κ3) is 5.82. The summed E-state index contributed by atoms with van der Waals surface area (Å²) in [6.07, 6.45) is -0.936. The average Bonchev–Trinajstić information content (AvgIpc) is 3.65. The standard InChI is InChI=1S/C25H27Cl2NO6S/c1-2-19(14-35(32,33)20-10-11-20)28-23(15-6-8-17(26)9-7-15)24(16-4-3-5-18(27)12-16)34-21(25(28)31)13-22(29)30/h3-9,12,19-21,23-24H,2,10-11,13-14H2,1H3,(H,29,30)/t19-,21-,23+,24+/m0/s1. The molecule has 0 radical (unpaired) electrons. The number of carbonyl (C=O) groups is 2. The van der Waals surface area contributed by atoms with Gasteiger partial charge in [-0.1, -0.05) is 54.4 Å². The average molecular weight is 540 g/mol. The minimum absolute atomic E-state index is 0.188. The smallest absolute Gasteiger partial charge is 0.306 e. The van der Waals surface area contributed by atoms with Gasteiger partial charge in [-0.25, -0.2) is 8.42 Å². The molecule has 4 atom stereocenters. The number of hydrogen-bond donors (Lipinski definition) is 1. The van der Waals surface area contributed by atoms with Gasteiger partial charge in [0.2, 0.25) is 0 Å². The molecule has 0 unspecified atom stereocenters. The second-order valence-corrected chi connectivity index (χ2v) is 12.2. The van der Waals surface area contributed by atoms with Crippen molar-refractivity contribution < 1.29 is 27.9 Å². The zero-order valence-electron chi connectivity index (χ0n) is 19.1. The van der Waals surface area contributed by atoms with E-state index in [1.807, 2.05) is 6.92 Å². The molecular formula is C25H27Cl2NO6S. The van der Waals surface area contributed by atoms with Crippen LogP contribution < -0.4 is 0 Å². The highest BCUT2D eigenvalue weighted by atomic mass is 35.5. The van der Waals surface area contributed by atoms with Gasteiger partial charge in [-0.15, -0.1) is 0 Å². The van der Waals surface area contributed by atoms with Crippen LogP contribution in [-0.2, 0) is 24.2 Å². The van der Waals surface area contributed by atoms with E-state index >= 15 is 0 Å². The van der Waals surface area contributed by atoms with Crippen LogP contribution in [0.1, 0.15) is 55.9 Å². The lowest BCUT2D eigenvalue weighted by molar-refractivity contribution is -0.182. The van der Waals surface area contributed by atoms with Gasteiger partial charge in [0.1, 0.15) is 12.2 Å². The molecule has 2 aliphatic rings. The molecule has 1 saturated heterocycles. The summed E-state index contributed by atoms with van der Waals surface area (Å²) in [6, 6.07) is 12.5. The first-order valence-corrected chi connectivity index (χ1v) is 14.0.